The van der Waals surface area contributed by atoms with Crippen LogP contribution < -0.4 is 20.1 Å². The Kier molecular flexibility index (Phi) is 6.76. The van der Waals surface area contributed by atoms with Gasteiger partial charge in [-0.3, -0.25) is 4.79 Å². The van der Waals surface area contributed by atoms with Crippen LogP contribution in [-0.4, -0.2) is 52.5 Å². The van der Waals surface area contributed by atoms with E-state index in [4.69, 9.17) is 9.47 Å². The Morgan fingerprint density at radius 1 is 1.17 bits per heavy atom. The molecule has 0 fully saturated rings. The van der Waals surface area contributed by atoms with Gasteiger partial charge in [-0.1, -0.05) is 18.3 Å². The molecule has 0 bridgehead atoms. The fraction of sp³-hybridized carbons (Fsp3) is 0.500. The molecule has 3 rings (SSSR count). The predicted molar refractivity (Wildman–Crippen MR) is 115 cm³/mol. The smallest absolute Gasteiger partial charge is 0.317 e. The molecule has 0 spiro atoms. The van der Waals surface area contributed by atoms with Crippen molar-refractivity contribution in [3.8, 4) is 22.1 Å². The van der Waals surface area contributed by atoms with Crippen LogP contribution >= 0.6 is 11.3 Å². The number of hydrogen-bond acceptors (Lipinski definition) is 7. The molecule has 1 aromatic heterocycles. The van der Waals surface area contributed by atoms with Gasteiger partial charge in [0.25, 0.3) is 0 Å². The van der Waals surface area contributed by atoms with Crippen molar-refractivity contribution in [2.24, 2.45) is 0 Å². The van der Waals surface area contributed by atoms with E-state index in [-0.39, 0.29) is 30.7 Å². The summed E-state index contributed by atoms with van der Waals surface area (Å²) in [6.07, 6.45) is 0.991. The van der Waals surface area contributed by atoms with Gasteiger partial charge in [0.15, 0.2) is 11.5 Å². The van der Waals surface area contributed by atoms with Gasteiger partial charge in [-0.05, 0) is 45.4 Å². The van der Waals surface area contributed by atoms with Gasteiger partial charge in [0.1, 0.15) is 5.01 Å². The molecule has 0 saturated heterocycles. The first-order valence-electron chi connectivity index (χ1n) is 9.85. The average molecular weight is 434 g/mol. The minimum atomic E-state index is -0.330. The summed E-state index contributed by atoms with van der Waals surface area (Å²) < 4.78 is 10.7. The molecule has 3 amide bonds. The maximum Gasteiger partial charge on any atom is 0.317 e. The van der Waals surface area contributed by atoms with Gasteiger partial charge in [-0.15, -0.1) is 10.2 Å². The van der Waals surface area contributed by atoms with Crippen molar-refractivity contribution in [1.29, 1.82) is 0 Å². The number of aromatic nitrogens is 2. The Labute approximate surface area is 179 Å². The normalized spacial score (nSPS) is 12.5. The van der Waals surface area contributed by atoms with Gasteiger partial charge >= 0.3 is 6.03 Å². The summed E-state index contributed by atoms with van der Waals surface area (Å²) in [5.74, 6) is 1.15. The van der Waals surface area contributed by atoms with Crippen molar-refractivity contribution in [1.82, 2.24) is 20.4 Å². The number of hydrogen-bond donors (Lipinski definition) is 2. The quantitative estimate of drug-likeness (QED) is 0.692. The Balaban J connectivity index is 1.55. The molecule has 1 aliphatic heterocycles. The van der Waals surface area contributed by atoms with Gasteiger partial charge < -0.3 is 25.0 Å². The summed E-state index contributed by atoms with van der Waals surface area (Å²) in [5.41, 5.74) is 0.508. The summed E-state index contributed by atoms with van der Waals surface area (Å²) in [4.78, 5) is 26.4. The first-order chi connectivity index (χ1) is 14.2. The number of urea groups is 1. The van der Waals surface area contributed by atoms with Gasteiger partial charge in [-0.2, -0.15) is 0 Å². The maximum atomic E-state index is 12.4. The largest absolute Gasteiger partial charge is 0.454 e. The topological polar surface area (TPSA) is 106 Å². The summed E-state index contributed by atoms with van der Waals surface area (Å²) >= 11 is 1.28. The number of carbonyl (C=O) groups is 2. The Morgan fingerprint density at radius 3 is 2.67 bits per heavy atom. The van der Waals surface area contributed by atoms with Crippen LogP contribution in [0.2, 0.25) is 0 Å². The molecule has 0 atom stereocenters. The number of carbonyl (C=O) groups excluding carboxylic acids is 2. The standard InChI is InChI=1S/C20H27N5O4S/c1-5-9-25(19(27)22-20(2,3)4)10-8-16(26)21-18-24-23-17(30-18)13-6-7-14-15(11-13)29-12-28-14/h6-7,11H,5,8-10,12H2,1-4H3,(H,22,27)(H,21,24,26). The SMILES string of the molecule is CCCN(CCC(=O)Nc1nnc(-c2ccc3c(c2)OCO3)s1)C(=O)NC(C)(C)C. The molecule has 0 unspecified atom stereocenters. The fourth-order valence-electron chi connectivity index (χ4n) is 2.82. The van der Waals surface area contributed by atoms with Crippen LogP contribution in [0.5, 0.6) is 11.5 Å². The van der Waals surface area contributed by atoms with Gasteiger partial charge in [0, 0.05) is 30.6 Å². The van der Waals surface area contributed by atoms with Crippen molar-refractivity contribution in [2.75, 3.05) is 25.2 Å². The van der Waals surface area contributed by atoms with E-state index in [0.29, 0.717) is 34.7 Å². The van der Waals surface area contributed by atoms with Crippen molar-refractivity contribution in [3.05, 3.63) is 18.2 Å². The second-order valence-corrected chi connectivity index (χ2v) is 8.92. The highest BCUT2D eigenvalue weighted by atomic mass is 32.1. The van der Waals surface area contributed by atoms with Crippen molar-refractivity contribution in [2.45, 2.75) is 46.1 Å². The Hall–Kier alpha value is -2.88. The second-order valence-electron chi connectivity index (χ2n) is 7.95. The van der Waals surface area contributed by atoms with E-state index in [1.165, 1.54) is 11.3 Å². The lowest BCUT2D eigenvalue weighted by Gasteiger charge is -2.28. The average Bonchev–Trinajstić information content (AvgIpc) is 3.32. The van der Waals surface area contributed by atoms with Crippen molar-refractivity contribution in [3.63, 3.8) is 0 Å². The van der Waals surface area contributed by atoms with Crippen LogP contribution in [-0.2, 0) is 4.79 Å². The van der Waals surface area contributed by atoms with Gasteiger partial charge in [-0.25, -0.2) is 4.79 Å². The van der Waals surface area contributed by atoms with E-state index in [2.05, 4.69) is 20.8 Å². The lowest BCUT2D eigenvalue weighted by Crippen LogP contribution is -2.49. The zero-order valence-corrected chi connectivity index (χ0v) is 18.5. The molecule has 30 heavy (non-hydrogen) atoms. The maximum absolute atomic E-state index is 12.4. The predicted octanol–water partition coefficient (Wildman–Crippen LogP) is 3.48. The number of rotatable bonds is 7. The molecule has 2 heterocycles. The van der Waals surface area contributed by atoms with Crippen LogP contribution in [0.4, 0.5) is 9.93 Å². The summed E-state index contributed by atoms with van der Waals surface area (Å²) in [5, 5.41) is 15.0. The number of anilines is 1. The molecule has 0 aliphatic carbocycles. The lowest BCUT2D eigenvalue weighted by molar-refractivity contribution is -0.116. The zero-order valence-electron chi connectivity index (χ0n) is 17.7. The highest BCUT2D eigenvalue weighted by Gasteiger charge is 2.20. The molecular formula is C20H27N5O4S. The number of benzene rings is 1. The van der Waals surface area contributed by atoms with Crippen molar-refractivity contribution >= 4 is 28.4 Å². The van der Waals surface area contributed by atoms with Crippen LogP contribution in [0.3, 0.4) is 0 Å². The van der Waals surface area contributed by atoms with E-state index in [1.807, 2.05) is 45.9 Å². The molecule has 1 aromatic carbocycles. The molecule has 162 valence electrons. The van der Waals surface area contributed by atoms with E-state index in [0.717, 1.165) is 12.0 Å². The first-order valence-corrected chi connectivity index (χ1v) is 10.7. The zero-order chi connectivity index (χ0) is 21.7. The van der Waals surface area contributed by atoms with E-state index < -0.39 is 0 Å². The minimum Gasteiger partial charge on any atom is -0.454 e. The van der Waals surface area contributed by atoms with Crippen LogP contribution in [0, 0.1) is 0 Å². The molecule has 2 aromatic rings. The van der Waals surface area contributed by atoms with Crippen LogP contribution in [0.1, 0.15) is 40.5 Å². The summed E-state index contributed by atoms with van der Waals surface area (Å²) in [7, 11) is 0. The monoisotopic (exact) mass is 433 g/mol. The Morgan fingerprint density at radius 2 is 1.93 bits per heavy atom. The third-order valence-corrected chi connectivity index (χ3v) is 5.05. The van der Waals surface area contributed by atoms with Crippen molar-refractivity contribution < 1.29 is 19.1 Å². The molecule has 10 heteroatoms. The minimum absolute atomic E-state index is 0.168. The second kappa shape index (κ2) is 9.29. The lowest BCUT2D eigenvalue weighted by atomic mass is 10.1. The van der Waals surface area contributed by atoms with Gasteiger partial charge in [0.2, 0.25) is 17.8 Å². The molecule has 0 radical (unpaired) electrons. The highest BCUT2D eigenvalue weighted by Crippen LogP contribution is 2.37. The van der Waals surface area contributed by atoms with Crippen LogP contribution in [0.25, 0.3) is 10.6 Å². The fourth-order valence-corrected chi connectivity index (χ4v) is 3.58. The molecule has 9 nitrogen and oxygen atoms in total. The number of fused-ring (bicyclic) bond motifs is 1. The van der Waals surface area contributed by atoms with E-state index in [9.17, 15) is 9.59 Å². The van der Waals surface area contributed by atoms with E-state index >= 15 is 0 Å². The molecule has 1 aliphatic rings. The number of nitrogens with zero attached hydrogens (tertiary/aromatic N) is 3. The number of ether oxygens (including phenoxy) is 2. The summed E-state index contributed by atoms with van der Waals surface area (Å²) in [6.45, 7) is 8.89. The third-order valence-electron chi connectivity index (χ3n) is 4.16. The number of amides is 3. The Bertz CT molecular complexity index is 909. The van der Waals surface area contributed by atoms with Gasteiger partial charge in [0.05, 0.1) is 0 Å². The highest BCUT2D eigenvalue weighted by molar-refractivity contribution is 7.18. The molecular weight excluding hydrogens is 406 g/mol. The first kappa shape index (κ1) is 21.8. The molecule has 0 saturated carbocycles. The van der Waals surface area contributed by atoms with Crippen LogP contribution in [0.15, 0.2) is 18.2 Å². The molecule has 2 N–H and O–H groups in total. The van der Waals surface area contributed by atoms with E-state index in [1.54, 1.807) is 4.90 Å². The summed E-state index contributed by atoms with van der Waals surface area (Å²) in [6, 6.07) is 5.36. The third kappa shape index (κ3) is 5.82. The number of nitrogens with one attached hydrogen (secondary N) is 2.